The molecule has 3 rings (SSSR count). The molecule has 0 aromatic carbocycles. The Morgan fingerprint density at radius 1 is 1.12 bits per heavy atom. The van der Waals surface area contributed by atoms with Crippen LogP contribution < -0.4 is 5.32 Å². The average Bonchev–Trinajstić information content (AvgIpc) is 3.20. The van der Waals surface area contributed by atoms with Gasteiger partial charge in [-0.25, -0.2) is 4.79 Å². The Balaban J connectivity index is 1.65. The average molecular weight is 356 g/mol. The normalized spacial score (nSPS) is 35.9. The fraction of sp³-hybridized carbons (Fsp3) is 0.733. The maximum atomic E-state index is 12.3. The quantitative estimate of drug-likeness (QED) is 0.416. The Hall–Kier alpha value is -2.04. The van der Waals surface area contributed by atoms with Gasteiger partial charge in [-0.1, -0.05) is 0 Å². The van der Waals surface area contributed by atoms with E-state index in [1.165, 1.54) is 21.2 Å². The summed E-state index contributed by atoms with van der Waals surface area (Å²) in [6.07, 6.45) is -2.82. The van der Waals surface area contributed by atoms with Crippen molar-refractivity contribution in [3.63, 3.8) is 0 Å². The number of likely N-dealkylation sites (tertiary alicyclic amines) is 1. The molecule has 3 aliphatic heterocycles. The van der Waals surface area contributed by atoms with Crippen LogP contribution in [0.1, 0.15) is 0 Å². The van der Waals surface area contributed by atoms with E-state index in [9.17, 15) is 19.2 Å². The van der Waals surface area contributed by atoms with Gasteiger partial charge in [0.1, 0.15) is 31.5 Å². The molecule has 0 aromatic heterocycles. The number of esters is 1. The number of hydrogen-bond acceptors (Lipinski definition) is 8. The molecule has 0 aliphatic carbocycles. The fourth-order valence-corrected chi connectivity index (χ4v) is 3.73. The third-order valence-corrected chi connectivity index (χ3v) is 4.88. The molecule has 3 amide bonds. The van der Waals surface area contributed by atoms with Crippen LogP contribution in [0.5, 0.6) is 0 Å². The molecular formula is C15H20N2O8. The van der Waals surface area contributed by atoms with Gasteiger partial charge in [0.25, 0.3) is 0 Å². The van der Waals surface area contributed by atoms with Crippen molar-refractivity contribution in [2.45, 2.75) is 24.4 Å². The Labute approximate surface area is 143 Å². The predicted octanol–water partition coefficient (Wildman–Crippen LogP) is -2.31. The summed E-state index contributed by atoms with van der Waals surface area (Å²) < 4.78 is 21.4. The van der Waals surface area contributed by atoms with E-state index in [1.54, 1.807) is 0 Å². The van der Waals surface area contributed by atoms with Gasteiger partial charge >= 0.3 is 5.97 Å². The smallest absolute Gasteiger partial charge is 0.332 e. The summed E-state index contributed by atoms with van der Waals surface area (Å²) >= 11 is 0. The van der Waals surface area contributed by atoms with Gasteiger partial charge < -0.3 is 24.3 Å². The van der Waals surface area contributed by atoms with Gasteiger partial charge in [0, 0.05) is 21.2 Å². The molecule has 1 N–H and O–H groups in total. The minimum absolute atomic E-state index is 0.269. The summed E-state index contributed by atoms with van der Waals surface area (Å²) in [7, 11) is 4.31. The van der Waals surface area contributed by atoms with Gasteiger partial charge in [0.2, 0.25) is 17.7 Å². The first-order valence-corrected chi connectivity index (χ1v) is 7.88. The molecule has 3 heterocycles. The lowest BCUT2D eigenvalue weighted by atomic mass is 9.78. The van der Waals surface area contributed by atoms with Gasteiger partial charge in [-0.15, -0.1) is 0 Å². The van der Waals surface area contributed by atoms with Crippen LogP contribution in [0.3, 0.4) is 0 Å². The lowest BCUT2D eigenvalue weighted by molar-refractivity contribution is -0.166. The minimum atomic E-state index is -0.810. The third-order valence-electron chi connectivity index (χ3n) is 4.88. The SMILES string of the molecule is CNC(=O)COCC(=O)OC1C2O[C@@H](C3C(=O)N(C)C(=O)C23)[C@H]1OC. The highest BCUT2D eigenvalue weighted by Gasteiger charge is 2.69. The van der Waals surface area contributed by atoms with Gasteiger partial charge in [-0.05, 0) is 0 Å². The molecule has 3 aliphatic rings. The van der Waals surface area contributed by atoms with Gasteiger partial charge in [0.15, 0.2) is 6.10 Å². The zero-order chi connectivity index (χ0) is 18.3. The van der Waals surface area contributed by atoms with Crippen LogP contribution in [0, 0.1) is 11.8 Å². The monoisotopic (exact) mass is 356 g/mol. The van der Waals surface area contributed by atoms with Crippen molar-refractivity contribution in [1.82, 2.24) is 10.2 Å². The maximum Gasteiger partial charge on any atom is 0.332 e. The number of nitrogens with one attached hydrogen (secondary N) is 1. The van der Waals surface area contributed by atoms with Gasteiger partial charge in [-0.2, -0.15) is 0 Å². The topological polar surface area (TPSA) is 120 Å². The standard InChI is InChI=1S/C15H20N2O8/c1-16-6(18)4-23-5-7(19)24-13-11-9-8(10(25-11)12(13)22-3)14(20)17(2)15(9)21/h8-13H,4-5H2,1-3H3,(H,16,18)/t8?,9?,10-,11?,12+,13?/m0/s1. The van der Waals surface area contributed by atoms with E-state index in [0.717, 1.165) is 4.90 Å². The predicted molar refractivity (Wildman–Crippen MR) is 79.0 cm³/mol. The van der Waals surface area contributed by atoms with Crippen LogP contribution in [0.15, 0.2) is 0 Å². The number of likely N-dealkylation sites (N-methyl/N-ethyl adjacent to an activating group) is 1. The number of carbonyl (C=O) groups is 4. The first-order chi connectivity index (χ1) is 11.9. The van der Waals surface area contributed by atoms with Crippen LogP contribution in [-0.4, -0.2) is 87.4 Å². The first-order valence-electron chi connectivity index (χ1n) is 7.88. The molecule has 3 saturated heterocycles. The van der Waals surface area contributed by atoms with Crippen LogP contribution in [0.25, 0.3) is 0 Å². The zero-order valence-corrected chi connectivity index (χ0v) is 14.1. The van der Waals surface area contributed by atoms with Gasteiger partial charge in [0.05, 0.1) is 11.8 Å². The summed E-state index contributed by atoms with van der Waals surface area (Å²) in [5, 5.41) is 2.36. The summed E-state index contributed by atoms with van der Waals surface area (Å²) in [6.45, 7) is -0.687. The molecule has 25 heavy (non-hydrogen) atoms. The number of carbonyl (C=O) groups excluding carboxylic acids is 4. The van der Waals surface area contributed by atoms with Crippen molar-refractivity contribution in [1.29, 1.82) is 0 Å². The van der Waals surface area contributed by atoms with Crippen LogP contribution >= 0.6 is 0 Å². The first kappa shape index (κ1) is 17.8. The van der Waals surface area contributed by atoms with Crippen molar-refractivity contribution in [3.8, 4) is 0 Å². The Kier molecular flexibility index (Phi) is 4.76. The van der Waals surface area contributed by atoms with E-state index in [-0.39, 0.29) is 24.3 Å². The number of hydrogen-bond donors (Lipinski definition) is 1. The van der Waals surface area contributed by atoms with Crippen LogP contribution in [0.4, 0.5) is 0 Å². The molecule has 3 fully saturated rings. The second-order valence-electron chi connectivity index (χ2n) is 6.17. The van der Waals surface area contributed by atoms with Gasteiger partial charge in [-0.3, -0.25) is 19.3 Å². The Bertz CT molecular complexity index is 608. The highest BCUT2D eigenvalue weighted by molar-refractivity contribution is 6.06. The van der Waals surface area contributed by atoms with Crippen molar-refractivity contribution in [3.05, 3.63) is 0 Å². The number of imide groups is 1. The second-order valence-corrected chi connectivity index (χ2v) is 6.17. The van der Waals surface area contributed by atoms with Crippen LogP contribution in [0.2, 0.25) is 0 Å². The third kappa shape index (κ3) is 2.79. The van der Waals surface area contributed by atoms with E-state index in [4.69, 9.17) is 18.9 Å². The number of ether oxygens (including phenoxy) is 4. The summed E-state index contributed by atoms with van der Waals surface area (Å²) in [5.41, 5.74) is 0. The molecule has 4 unspecified atom stereocenters. The van der Waals surface area contributed by atoms with Crippen LogP contribution in [-0.2, 0) is 38.1 Å². The number of methoxy groups -OCH3 is 1. The molecule has 2 bridgehead atoms. The van der Waals surface area contributed by atoms with E-state index in [0.29, 0.717) is 0 Å². The van der Waals surface area contributed by atoms with E-state index in [1.807, 2.05) is 0 Å². The van der Waals surface area contributed by atoms with E-state index in [2.05, 4.69) is 5.32 Å². The summed E-state index contributed by atoms with van der Waals surface area (Å²) in [4.78, 5) is 48.6. The highest BCUT2D eigenvalue weighted by atomic mass is 16.6. The highest BCUT2D eigenvalue weighted by Crippen LogP contribution is 2.50. The minimum Gasteiger partial charge on any atom is -0.455 e. The van der Waals surface area contributed by atoms with Crippen molar-refractivity contribution >= 4 is 23.7 Å². The molecule has 0 radical (unpaired) electrons. The zero-order valence-electron chi connectivity index (χ0n) is 14.1. The number of nitrogens with zero attached hydrogens (tertiary/aromatic N) is 1. The Morgan fingerprint density at radius 2 is 1.72 bits per heavy atom. The molecule has 10 nitrogen and oxygen atoms in total. The number of fused-ring (bicyclic) bond motifs is 5. The molecule has 6 atom stereocenters. The van der Waals surface area contributed by atoms with Crippen molar-refractivity contribution in [2.24, 2.45) is 11.8 Å². The lowest BCUT2D eigenvalue weighted by Gasteiger charge is -2.31. The van der Waals surface area contributed by atoms with Crippen molar-refractivity contribution in [2.75, 3.05) is 34.4 Å². The molecule has 138 valence electrons. The number of rotatable bonds is 6. The molecular weight excluding hydrogens is 336 g/mol. The van der Waals surface area contributed by atoms with Crippen molar-refractivity contribution < 1.29 is 38.1 Å². The number of amides is 3. The summed E-state index contributed by atoms with van der Waals surface area (Å²) in [5.74, 6) is -2.98. The lowest BCUT2D eigenvalue weighted by Crippen LogP contribution is -2.50. The van der Waals surface area contributed by atoms with E-state index < -0.39 is 48.8 Å². The molecule has 0 aromatic rings. The molecule has 0 spiro atoms. The Morgan fingerprint density at radius 3 is 2.28 bits per heavy atom. The second kappa shape index (κ2) is 6.70. The summed E-state index contributed by atoms with van der Waals surface area (Å²) in [6, 6.07) is 0. The largest absolute Gasteiger partial charge is 0.455 e. The molecule has 10 heteroatoms. The van der Waals surface area contributed by atoms with E-state index >= 15 is 0 Å². The maximum absolute atomic E-state index is 12.3. The molecule has 0 saturated carbocycles. The fourth-order valence-electron chi connectivity index (χ4n) is 3.73.